The van der Waals surface area contributed by atoms with Gasteiger partial charge in [-0.05, 0) is 6.42 Å². The second-order valence-corrected chi connectivity index (χ2v) is 8.20. The Morgan fingerprint density at radius 2 is 1.00 bits per heavy atom. The average molecular weight is 403 g/mol. The summed E-state index contributed by atoms with van der Waals surface area (Å²) in [6.45, 7) is 1.56. The van der Waals surface area contributed by atoms with E-state index in [9.17, 15) is 20.1 Å². The molecule has 0 aromatic rings. The molecule has 5 nitrogen and oxygen atoms in total. The Labute approximate surface area is 172 Å². The number of aliphatic hydroxyl groups is 4. The van der Waals surface area contributed by atoms with Gasteiger partial charge in [0, 0.05) is 0 Å². The van der Waals surface area contributed by atoms with Crippen molar-refractivity contribution in [1.82, 2.24) is 0 Å². The highest BCUT2D eigenvalue weighted by Crippen LogP contribution is 2.14. The van der Waals surface area contributed by atoms with E-state index >= 15 is 0 Å². The van der Waals surface area contributed by atoms with E-state index in [1.807, 2.05) is 0 Å². The third kappa shape index (κ3) is 15.4. The molecule has 0 heterocycles. The quantitative estimate of drug-likeness (QED) is 0.215. The Hall–Kier alpha value is -0.490. The molecule has 3 atom stereocenters. The molecule has 0 amide bonds. The largest absolute Gasteiger partial charge is 0.394 e. The van der Waals surface area contributed by atoms with Crippen molar-refractivity contribution in [3.63, 3.8) is 0 Å². The van der Waals surface area contributed by atoms with Crippen molar-refractivity contribution in [1.29, 1.82) is 0 Å². The Morgan fingerprint density at radius 3 is 1.36 bits per heavy atom. The smallest absolute Gasteiger partial charge is 0.192 e. The average Bonchev–Trinajstić information content (AvgIpc) is 2.71. The van der Waals surface area contributed by atoms with Gasteiger partial charge in [0.15, 0.2) is 5.78 Å². The van der Waals surface area contributed by atoms with Gasteiger partial charge in [0.1, 0.15) is 18.3 Å². The molecule has 0 fully saturated rings. The second-order valence-electron chi connectivity index (χ2n) is 8.20. The van der Waals surface area contributed by atoms with Crippen molar-refractivity contribution < 1.29 is 25.2 Å². The van der Waals surface area contributed by atoms with E-state index in [0.717, 1.165) is 19.3 Å². The molecule has 0 aromatic carbocycles. The fourth-order valence-electron chi connectivity index (χ4n) is 3.51. The van der Waals surface area contributed by atoms with E-state index < -0.39 is 30.7 Å². The number of Topliss-reactive ketones (excluding diaryl/α,β-unsaturated/α-hetero) is 1. The third-order valence-corrected chi connectivity index (χ3v) is 5.50. The molecular formula is C23H46O5. The molecule has 3 unspecified atom stereocenters. The van der Waals surface area contributed by atoms with Gasteiger partial charge in [-0.2, -0.15) is 0 Å². The van der Waals surface area contributed by atoms with Crippen LogP contribution in [0.4, 0.5) is 0 Å². The maximum atomic E-state index is 11.7. The molecule has 5 heteroatoms. The van der Waals surface area contributed by atoms with Crippen LogP contribution in [0.25, 0.3) is 0 Å². The summed E-state index contributed by atoms with van der Waals surface area (Å²) in [5, 5.41) is 37.2. The van der Waals surface area contributed by atoms with Crippen molar-refractivity contribution in [3.05, 3.63) is 0 Å². The summed E-state index contributed by atoms with van der Waals surface area (Å²) in [5.41, 5.74) is 0. The lowest BCUT2D eigenvalue weighted by molar-refractivity contribution is -0.143. The first-order valence-corrected chi connectivity index (χ1v) is 11.7. The monoisotopic (exact) mass is 402 g/mol. The van der Waals surface area contributed by atoms with Crippen LogP contribution in [-0.2, 0) is 4.79 Å². The Morgan fingerprint density at radius 1 is 0.643 bits per heavy atom. The van der Waals surface area contributed by atoms with Crippen LogP contribution < -0.4 is 0 Å². The molecule has 0 spiro atoms. The molecule has 0 aliphatic rings. The number of unbranched alkanes of at least 4 members (excludes halogenated alkanes) is 15. The molecule has 28 heavy (non-hydrogen) atoms. The summed E-state index contributed by atoms with van der Waals surface area (Å²) in [5.74, 6) is -0.803. The molecule has 0 rings (SSSR count). The molecule has 0 saturated carbocycles. The molecular weight excluding hydrogens is 356 g/mol. The van der Waals surface area contributed by atoms with Crippen LogP contribution in [0.5, 0.6) is 0 Å². The SMILES string of the molecule is CCCCCCCCCCCCCCCCCCC(O)C(=O)C(O)C(O)CO. The zero-order chi connectivity index (χ0) is 21.0. The number of carbonyl (C=O) groups is 1. The highest BCUT2D eigenvalue weighted by atomic mass is 16.4. The minimum Gasteiger partial charge on any atom is -0.394 e. The van der Waals surface area contributed by atoms with Gasteiger partial charge >= 0.3 is 0 Å². The summed E-state index contributed by atoms with van der Waals surface area (Å²) in [6.07, 6.45) is 16.1. The summed E-state index contributed by atoms with van der Waals surface area (Å²) >= 11 is 0. The van der Waals surface area contributed by atoms with Crippen molar-refractivity contribution >= 4 is 5.78 Å². The number of aliphatic hydroxyl groups excluding tert-OH is 4. The van der Waals surface area contributed by atoms with Crippen molar-refractivity contribution in [2.45, 2.75) is 134 Å². The molecule has 4 N–H and O–H groups in total. The summed E-state index contributed by atoms with van der Waals surface area (Å²) < 4.78 is 0. The van der Waals surface area contributed by atoms with E-state index in [-0.39, 0.29) is 0 Å². The highest BCUT2D eigenvalue weighted by molar-refractivity contribution is 5.87. The van der Waals surface area contributed by atoms with E-state index in [2.05, 4.69) is 6.92 Å². The Kier molecular flexibility index (Phi) is 19.5. The summed E-state index contributed by atoms with van der Waals surface area (Å²) in [6, 6.07) is 0. The predicted octanol–water partition coefficient (Wildman–Crippen LogP) is 4.28. The van der Waals surface area contributed by atoms with Crippen LogP contribution in [0.2, 0.25) is 0 Å². The van der Waals surface area contributed by atoms with Crippen molar-refractivity contribution in [2.75, 3.05) is 6.61 Å². The van der Waals surface area contributed by atoms with Crippen LogP contribution in [0, 0.1) is 0 Å². The van der Waals surface area contributed by atoms with E-state index in [4.69, 9.17) is 5.11 Å². The lowest BCUT2D eigenvalue weighted by atomic mass is 9.99. The van der Waals surface area contributed by atoms with Gasteiger partial charge in [-0.15, -0.1) is 0 Å². The van der Waals surface area contributed by atoms with Crippen LogP contribution in [0.3, 0.4) is 0 Å². The zero-order valence-corrected chi connectivity index (χ0v) is 18.2. The summed E-state index contributed by atoms with van der Waals surface area (Å²) in [4.78, 5) is 11.7. The Bertz CT molecular complexity index is 348. The molecule has 0 saturated heterocycles. The van der Waals surface area contributed by atoms with Crippen LogP contribution in [-0.4, -0.2) is 51.1 Å². The van der Waals surface area contributed by atoms with Gasteiger partial charge in [0.25, 0.3) is 0 Å². The molecule has 0 aliphatic carbocycles. The topological polar surface area (TPSA) is 98.0 Å². The highest BCUT2D eigenvalue weighted by Gasteiger charge is 2.28. The standard InChI is InChI=1S/C23H46O5/c1-2-3-4-5-6-7-8-9-10-11-12-13-14-15-16-17-18-20(25)22(27)23(28)21(26)19-24/h20-21,23-26,28H,2-19H2,1H3. The van der Waals surface area contributed by atoms with Crippen molar-refractivity contribution in [3.8, 4) is 0 Å². The third-order valence-electron chi connectivity index (χ3n) is 5.50. The predicted molar refractivity (Wildman–Crippen MR) is 114 cm³/mol. The van der Waals surface area contributed by atoms with Gasteiger partial charge < -0.3 is 20.4 Å². The van der Waals surface area contributed by atoms with E-state index in [0.29, 0.717) is 6.42 Å². The summed E-state index contributed by atoms with van der Waals surface area (Å²) in [7, 11) is 0. The van der Waals surface area contributed by atoms with Gasteiger partial charge in [0.05, 0.1) is 6.61 Å². The first-order valence-electron chi connectivity index (χ1n) is 11.7. The lowest BCUT2D eigenvalue weighted by Gasteiger charge is -2.17. The number of hydrogen-bond donors (Lipinski definition) is 4. The molecule has 0 aromatic heterocycles. The van der Waals surface area contributed by atoms with E-state index in [1.165, 1.54) is 83.5 Å². The fourth-order valence-corrected chi connectivity index (χ4v) is 3.51. The maximum absolute atomic E-state index is 11.7. The first-order chi connectivity index (χ1) is 13.5. The molecule has 0 bridgehead atoms. The fraction of sp³-hybridized carbons (Fsp3) is 0.957. The van der Waals surface area contributed by atoms with Crippen LogP contribution in [0.1, 0.15) is 116 Å². The molecule has 0 radical (unpaired) electrons. The van der Waals surface area contributed by atoms with Gasteiger partial charge in [-0.3, -0.25) is 4.79 Å². The number of rotatable bonds is 21. The number of hydrogen-bond acceptors (Lipinski definition) is 5. The van der Waals surface area contributed by atoms with E-state index in [1.54, 1.807) is 0 Å². The van der Waals surface area contributed by atoms with Crippen molar-refractivity contribution in [2.24, 2.45) is 0 Å². The normalized spacial score (nSPS) is 14.8. The lowest BCUT2D eigenvalue weighted by Crippen LogP contribution is -2.42. The molecule has 168 valence electrons. The van der Waals surface area contributed by atoms with Gasteiger partial charge in [-0.1, -0.05) is 110 Å². The van der Waals surface area contributed by atoms with Crippen LogP contribution in [0.15, 0.2) is 0 Å². The number of ketones is 1. The number of carbonyl (C=O) groups excluding carboxylic acids is 1. The maximum Gasteiger partial charge on any atom is 0.192 e. The van der Waals surface area contributed by atoms with Crippen LogP contribution >= 0.6 is 0 Å². The first kappa shape index (κ1) is 27.5. The minimum absolute atomic E-state index is 0.298. The second kappa shape index (κ2) is 19.8. The van der Waals surface area contributed by atoms with Gasteiger partial charge in [0.2, 0.25) is 0 Å². The minimum atomic E-state index is -1.71. The zero-order valence-electron chi connectivity index (χ0n) is 18.2. The Balaban J connectivity index is 3.34. The van der Waals surface area contributed by atoms with Gasteiger partial charge in [-0.25, -0.2) is 0 Å². The molecule has 0 aliphatic heterocycles.